The summed E-state index contributed by atoms with van der Waals surface area (Å²) >= 11 is 17.5. The summed E-state index contributed by atoms with van der Waals surface area (Å²) in [4.78, 5) is 0. The van der Waals surface area contributed by atoms with Crippen LogP contribution < -0.4 is 0 Å². The third kappa shape index (κ3) is 2.66. The van der Waals surface area contributed by atoms with E-state index in [4.69, 9.17) is 34.8 Å². The highest BCUT2D eigenvalue weighted by Crippen LogP contribution is 2.27. The molecule has 2 aromatic rings. The Kier molecular flexibility index (Phi) is 3.20. The molecule has 0 unspecified atom stereocenters. The van der Waals surface area contributed by atoms with Crippen LogP contribution in [0.25, 0.3) is 11.1 Å². The van der Waals surface area contributed by atoms with Crippen LogP contribution in [0.1, 0.15) is 0 Å². The van der Waals surface area contributed by atoms with Crippen molar-refractivity contribution < 1.29 is 0 Å². The van der Waals surface area contributed by atoms with Gasteiger partial charge in [0.2, 0.25) is 0 Å². The molecule has 2 aromatic carbocycles. The van der Waals surface area contributed by atoms with Crippen molar-refractivity contribution in [1.82, 2.24) is 0 Å². The predicted molar refractivity (Wildman–Crippen MR) is 65.7 cm³/mol. The highest BCUT2D eigenvalue weighted by Gasteiger charge is 2.01. The lowest BCUT2D eigenvalue weighted by Crippen LogP contribution is -1.78. The van der Waals surface area contributed by atoms with E-state index in [-0.39, 0.29) is 0 Å². The maximum absolute atomic E-state index is 5.87. The van der Waals surface area contributed by atoms with Crippen molar-refractivity contribution in [1.29, 1.82) is 0 Å². The molecule has 0 atom stereocenters. The van der Waals surface area contributed by atoms with Gasteiger partial charge in [0.25, 0.3) is 0 Å². The van der Waals surface area contributed by atoms with Gasteiger partial charge in [-0.25, -0.2) is 0 Å². The Morgan fingerprint density at radius 3 is 1.80 bits per heavy atom. The quantitative estimate of drug-likeness (QED) is 0.665. The predicted octanol–water partition coefficient (Wildman–Crippen LogP) is 5.11. The first kappa shape index (κ1) is 10.8. The zero-order valence-electron chi connectivity index (χ0n) is 7.60. The molecule has 0 nitrogen and oxygen atoms in total. The van der Waals surface area contributed by atoms with Crippen molar-refractivity contribution in [3.63, 3.8) is 0 Å². The minimum Gasteiger partial charge on any atom is -0.0843 e. The van der Waals surface area contributed by atoms with E-state index in [1.807, 2.05) is 36.4 Å². The molecule has 0 aliphatic rings. The fraction of sp³-hybridized carbons (Fsp3) is 0. The van der Waals surface area contributed by atoms with Gasteiger partial charge < -0.3 is 0 Å². The van der Waals surface area contributed by atoms with Gasteiger partial charge in [-0.05, 0) is 35.4 Å². The van der Waals surface area contributed by atoms with Gasteiger partial charge in [0.1, 0.15) is 0 Å². The lowest BCUT2D eigenvalue weighted by molar-refractivity contribution is 1.61. The zero-order valence-corrected chi connectivity index (χ0v) is 9.87. The van der Waals surface area contributed by atoms with E-state index in [1.54, 1.807) is 0 Å². The van der Waals surface area contributed by atoms with E-state index in [2.05, 4.69) is 6.07 Å². The molecule has 0 aromatic heterocycles. The second-order valence-electron chi connectivity index (χ2n) is 3.07. The van der Waals surface area contributed by atoms with Gasteiger partial charge in [-0.2, -0.15) is 0 Å². The molecule has 75 valence electrons. The molecule has 0 saturated carbocycles. The van der Waals surface area contributed by atoms with Gasteiger partial charge in [0.05, 0.1) is 10.0 Å². The lowest BCUT2D eigenvalue weighted by Gasteiger charge is -2.03. The first-order chi connectivity index (χ1) is 7.15. The van der Waals surface area contributed by atoms with Crippen LogP contribution in [0.15, 0.2) is 36.4 Å². The van der Waals surface area contributed by atoms with Crippen LogP contribution in [0.3, 0.4) is 0 Å². The molecule has 2 rings (SSSR count). The SMILES string of the molecule is Clc1[c]c(Cl)cc(-c2ccc(Cl)cc2)c1. The molecular weight excluding hydrogens is 250 g/mol. The fourth-order valence-corrected chi connectivity index (χ4v) is 1.92. The molecule has 0 aliphatic carbocycles. The zero-order chi connectivity index (χ0) is 10.8. The van der Waals surface area contributed by atoms with E-state index in [0.717, 1.165) is 11.1 Å². The molecule has 0 heterocycles. The first-order valence-electron chi connectivity index (χ1n) is 4.29. The Morgan fingerprint density at radius 1 is 0.733 bits per heavy atom. The molecular formula is C12H6Cl3. The number of hydrogen-bond acceptors (Lipinski definition) is 0. The Morgan fingerprint density at radius 2 is 1.27 bits per heavy atom. The van der Waals surface area contributed by atoms with Crippen molar-refractivity contribution in [2.75, 3.05) is 0 Å². The summed E-state index contributed by atoms with van der Waals surface area (Å²) in [6.07, 6.45) is 0. The Labute approximate surface area is 103 Å². The van der Waals surface area contributed by atoms with E-state index in [1.165, 1.54) is 0 Å². The van der Waals surface area contributed by atoms with Crippen molar-refractivity contribution in [3.8, 4) is 11.1 Å². The number of benzene rings is 2. The first-order valence-corrected chi connectivity index (χ1v) is 5.43. The largest absolute Gasteiger partial charge is 0.0843 e. The maximum atomic E-state index is 5.87. The van der Waals surface area contributed by atoms with E-state index in [9.17, 15) is 0 Å². The molecule has 0 bridgehead atoms. The highest BCUT2D eigenvalue weighted by molar-refractivity contribution is 6.34. The highest BCUT2D eigenvalue weighted by atomic mass is 35.5. The topological polar surface area (TPSA) is 0 Å². The summed E-state index contributed by atoms with van der Waals surface area (Å²) in [6, 6.07) is 13.9. The van der Waals surface area contributed by atoms with Crippen molar-refractivity contribution in [3.05, 3.63) is 57.5 Å². The van der Waals surface area contributed by atoms with Crippen LogP contribution in [0.5, 0.6) is 0 Å². The number of halogens is 3. The summed E-state index contributed by atoms with van der Waals surface area (Å²) in [5, 5.41) is 1.72. The summed E-state index contributed by atoms with van der Waals surface area (Å²) in [6.45, 7) is 0. The number of hydrogen-bond donors (Lipinski definition) is 0. The van der Waals surface area contributed by atoms with Crippen LogP contribution in [0, 0.1) is 6.07 Å². The Hall–Kier alpha value is -0.690. The molecule has 0 spiro atoms. The molecule has 0 aliphatic heterocycles. The molecule has 0 amide bonds. The van der Waals surface area contributed by atoms with Crippen molar-refractivity contribution in [2.24, 2.45) is 0 Å². The third-order valence-electron chi connectivity index (χ3n) is 1.98. The summed E-state index contributed by atoms with van der Waals surface area (Å²) in [5.74, 6) is 0. The van der Waals surface area contributed by atoms with Crippen LogP contribution in [0.2, 0.25) is 15.1 Å². The van der Waals surface area contributed by atoms with Crippen LogP contribution >= 0.6 is 34.8 Å². The summed E-state index contributed by atoms with van der Waals surface area (Å²) < 4.78 is 0. The van der Waals surface area contributed by atoms with Crippen LogP contribution in [-0.2, 0) is 0 Å². The average molecular weight is 257 g/mol. The minimum atomic E-state index is 0.507. The smallest absolute Gasteiger partial charge is 0.0506 e. The van der Waals surface area contributed by atoms with Gasteiger partial charge in [0.15, 0.2) is 0 Å². The standard InChI is InChI=1S/C12H6Cl3/c13-10-3-1-8(2-4-10)9-5-11(14)7-12(15)6-9/h1-6H. The average Bonchev–Trinajstić information content (AvgIpc) is 2.17. The minimum absolute atomic E-state index is 0.507. The molecule has 0 N–H and O–H groups in total. The summed E-state index contributed by atoms with van der Waals surface area (Å²) in [5.41, 5.74) is 1.98. The summed E-state index contributed by atoms with van der Waals surface area (Å²) in [7, 11) is 0. The normalized spacial score (nSPS) is 10.3. The number of rotatable bonds is 1. The lowest BCUT2D eigenvalue weighted by atomic mass is 10.1. The van der Waals surface area contributed by atoms with Crippen molar-refractivity contribution in [2.45, 2.75) is 0 Å². The van der Waals surface area contributed by atoms with Crippen molar-refractivity contribution >= 4 is 34.8 Å². The van der Waals surface area contributed by atoms with Crippen LogP contribution in [0.4, 0.5) is 0 Å². The molecule has 3 heteroatoms. The molecule has 0 saturated heterocycles. The molecule has 1 radical (unpaired) electrons. The third-order valence-corrected chi connectivity index (χ3v) is 2.64. The van der Waals surface area contributed by atoms with E-state index < -0.39 is 0 Å². The van der Waals surface area contributed by atoms with Gasteiger partial charge in [-0.15, -0.1) is 0 Å². The van der Waals surface area contributed by atoms with Gasteiger partial charge in [0, 0.05) is 11.1 Å². The second kappa shape index (κ2) is 4.44. The fourth-order valence-electron chi connectivity index (χ4n) is 1.31. The van der Waals surface area contributed by atoms with E-state index >= 15 is 0 Å². The molecule has 15 heavy (non-hydrogen) atoms. The van der Waals surface area contributed by atoms with E-state index in [0.29, 0.717) is 15.1 Å². The van der Waals surface area contributed by atoms with Gasteiger partial charge in [-0.3, -0.25) is 0 Å². The van der Waals surface area contributed by atoms with Gasteiger partial charge >= 0.3 is 0 Å². The monoisotopic (exact) mass is 255 g/mol. The van der Waals surface area contributed by atoms with Gasteiger partial charge in [-0.1, -0.05) is 46.9 Å². The Balaban J connectivity index is 2.49. The second-order valence-corrected chi connectivity index (χ2v) is 4.32. The molecule has 0 fully saturated rings. The Bertz CT molecular complexity index is 454. The maximum Gasteiger partial charge on any atom is 0.0506 e. The van der Waals surface area contributed by atoms with Crippen LogP contribution in [-0.4, -0.2) is 0 Å².